The summed E-state index contributed by atoms with van der Waals surface area (Å²) >= 11 is 0. The Morgan fingerprint density at radius 3 is 3.00 bits per heavy atom. The summed E-state index contributed by atoms with van der Waals surface area (Å²) in [5.74, 6) is 1.01. The van der Waals surface area contributed by atoms with Crippen molar-refractivity contribution in [2.75, 3.05) is 19.6 Å². The molecule has 1 atom stereocenters. The lowest BCUT2D eigenvalue weighted by Crippen LogP contribution is -2.28. The number of carbonyl (C=O) groups excluding carboxylic acids is 1. The van der Waals surface area contributed by atoms with Gasteiger partial charge in [0, 0.05) is 48.9 Å². The number of amides is 1. The molecule has 0 spiro atoms. The van der Waals surface area contributed by atoms with Crippen molar-refractivity contribution >= 4 is 28.0 Å². The molecule has 0 radical (unpaired) electrons. The van der Waals surface area contributed by atoms with Gasteiger partial charge in [-0.3, -0.25) is 4.79 Å². The highest BCUT2D eigenvalue weighted by molar-refractivity contribution is 5.98. The van der Waals surface area contributed by atoms with Crippen LogP contribution in [0.4, 0.5) is 0 Å². The Labute approximate surface area is 167 Å². The molecule has 148 valence electrons. The van der Waals surface area contributed by atoms with Crippen molar-refractivity contribution in [2.24, 2.45) is 5.73 Å². The molecule has 0 aliphatic carbocycles. The maximum atomic E-state index is 13.1. The molecular formula is C21H22N6O2. The highest BCUT2D eigenvalue weighted by atomic mass is 16.3. The van der Waals surface area contributed by atoms with Gasteiger partial charge in [0.25, 0.3) is 5.91 Å². The van der Waals surface area contributed by atoms with Gasteiger partial charge in [0.2, 0.25) is 0 Å². The van der Waals surface area contributed by atoms with E-state index in [4.69, 9.17) is 15.2 Å². The van der Waals surface area contributed by atoms with E-state index >= 15 is 0 Å². The van der Waals surface area contributed by atoms with E-state index in [2.05, 4.69) is 9.97 Å². The lowest BCUT2D eigenvalue weighted by atomic mass is 10.0. The first-order chi connectivity index (χ1) is 14.1. The molecule has 1 aliphatic heterocycles. The number of likely N-dealkylation sites (tertiary alicyclic amines) is 1. The van der Waals surface area contributed by atoms with Gasteiger partial charge in [0.1, 0.15) is 16.9 Å². The fourth-order valence-electron chi connectivity index (χ4n) is 4.14. The first-order valence-electron chi connectivity index (χ1n) is 9.81. The molecule has 1 amide bonds. The second kappa shape index (κ2) is 6.97. The zero-order chi connectivity index (χ0) is 20.0. The van der Waals surface area contributed by atoms with E-state index in [1.165, 1.54) is 0 Å². The number of hydrogen-bond donors (Lipinski definition) is 1. The number of nitrogens with two attached hydrogens (primary N) is 1. The Morgan fingerprint density at radius 2 is 2.14 bits per heavy atom. The van der Waals surface area contributed by atoms with Crippen molar-refractivity contribution in [1.82, 2.24) is 24.6 Å². The van der Waals surface area contributed by atoms with Crippen LogP contribution < -0.4 is 5.73 Å². The second-order valence-corrected chi connectivity index (χ2v) is 7.47. The Kier molecular flexibility index (Phi) is 4.28. The van der Waals surface area contributed by atoms with E-state index in [9.17, 15) is 4.79 Å². The molecule has 29 heavy (non-hydrogen) atoms. The summed E-state index contributed by atoms with van der Waals surface area (Å²) in [4.78, 5) is 23.9. The number of benzene rings is 1. The van der Waals surface area contributed by atoms with Crippen LogP contribution in [0.5, 0.6) is 0 Å². The molecule has 4 aromatic rings. The van der Waals surface area contributed by atoms with Crippen LogP contribution in [0.1, 0.15) is 34.2 Å². The third-order valence-electron chi connectivity index (χ3n) is 5.48. The normalized spacial score (nSPS) is 16.9. The van der Waals surface area contributed by atoms with E-state index in [-0.39, 0.29) is 11.8 Å². The molecule has 1 saturated heterocycles. The van der Waals surface area contributed by atoms with E-state index in [0.717, 1.165) is 40.0 Å². The van der Waals surface area contributed by atoms with Gasteiger partial charge in [-0.1, -0.05) is 0 Å². The highest BCUT2D eigenvalue weighted by Gasteiger charge is 2.32. The van der Waals surface area contributed by atoms with Crippen LogP contribution in [0.15, 0.2) is 41.1 Å². The molecule has 0 bridgehead atoms. The quantitative estimate of drug-likeness (QED) is 0.574. The second-order valence-electron chi connectivity index (χ2n) is 7.47. The van der Waals surface area contributed by atoms with Crippen molar-refractivity contribution in [3.05, 3.63) is 53.7 Å². The van der Waals surface area contributed by atoms with Gasteiger partial charge in [0.15, 0.2) is 5.65 Å². The predicted molar refractivity (Wildman–Crippen MR) is 109 cm³/mol. The molecule has 0 saturated carbocycles. The number of nitrogens with zero attached hydrogens (tertiary/aromatic N) is 5. The summed E-state index contributed by atoms with van der Waals surface area (Å²) in [5, 5.41) is 5.68. The summed E-state index contributed by atoms with van der Waals surface area (Å²) in [6.45, 7) is 4.29. The lowest BCUT2D eigenvalue weighted by Gasteiger charge is -2.16. The van der Waals surface area contributed by atoms with Crippen molar-refractivity contribution in [3.63, 3.8) is 0 Å². The first kappa shape index (κ1) is 17.8. The van der Waals surface area contributed by atoms with Gasteiger partial charge >= 0.3 is 0 Å². The molecule has 8 nitrogen and oxygen atoms in total. The zero-order valence-corrected chi connectivity index (χ0v) is 16.2. The molecule has 3 aromatic heterocycles. The predicted octanol–water partition coefficient (Wildman–Crippen LogP) is 2.47. The molecule has 0 unspecified atom stereocenters. The summed E-state index contributed by atoms with van der Waals surface area (Å²) in [6, 6.07) is 7.55. The van der Waals surface area contributed by atoms with Crippen LogP contribution in [0.3, 0.4) is 0 Å². The Morgan fingerprint density at radius 1 is 1.28 bits per heavy atom. The number of rotatable bonds is 4. The number of fused-ring (bicyclic) bond motifs is 2. The van der Waals surface area contributed by atoms with E-state index in [1.807, 2.05) is 40.8 Å². The molecule has 2 N–H and O–H groups in total. The molecule has 4 heterocycles. The number of carbonyl (C=O) groups is 1. The van der Waals surface area contributed by atoms with E-state index in [1.54, 1.807) is 12.4 Å². The fourth-order valence-corrected chi connectivity index (χ4v) is 4.14. The van der Waals surface area contributed by atoms with Crippen LogP contribution in [-0.4, -0.2) is 50.2 Å². The minimum absolute atomic E-state index is 0.0324. The summed E-state index contributed by atoms with van der Waals surface area (Å²) in [6.07, 6.45) is 4.20. The highest BCUT2D eigenvalue weighted by Crippen LogP contribution is 2.31. The van der Waals surface area contributed by atoms with Crippen molar-refractivity contribution in [3.8, 4) is 0 Å². The van der Waals surface area contributed by atoms with Crippen molar-refractivity contribution in [1.29, 1.82) is 0 Å². The monoisotopic (exact) mass is 390 g/mol. The standard InChI is InChI=1S/C21H22N6O2/c1-13-10-16-11-14(2-3-17(16)29-13)21(28)26-8-4-15(12-26)18-19-20(24-7-6-23-19)27(25-18)9-5-22/h2-3,6-7,10-11,15H,4-5,8-9,12,22H2,1H3/t15-/m1/s1. The Hall–Kier alpha value is -3.26. The fraction of sp³-hybridized carbons (Fsp3) is 0.333. The van der Waals surface area contributed by atoms with Crippen molar-refractivity contribution < 1.29 is 9.21 Å². The number of furan rings is 1. The van der Waals surface area contributed by atoms with Crippen LogP contribution in [0, 0.1) is 6.92 Å². The van der Waals surface area contributed by atoms with Crippen molar-refractivity contribution in [2.45, 2.75) is 25.8 Å². The molecule has 5 rings (SSSR count). The summed E-state index contributed by atoms with van der Waals surface area (Å²) in [5.41, 5.74) is 9.64. The van der Waals surface area contributed by atoms with E-state index < -0.39 is 0 Å². The van der Waals surface area contributed by atoms with Crippen LogP contribution in [0.25, 0.3) is 22.1 Å². The lowest BCUT2D eigenvalue weighted by molar-refractivity contribution is 0.0791. The topological polar surface area (TPSA) is 103 Å². The average molecular weight is 390 g/mol. The third-order valence-corrected chi connectivity index (χ3v) is 5.48. The molecule has 1 aromatic carbocycles. The molecule has 8 heteroatoms. The molecule has 1 fully saturated rings. The van der Waals surface area contributed by atoms with E-state index in [0.29, 0.717) is 31.7 Å². The van der Waals surface area contributed by atoms with Gasteiger partial charge < -0.3 is 15.1 Å². The Bertz CT molecular complexity index is 1210. The van der Waals surface area contributed by atoms with Gasteiger partial charge in [-0.15, -0.1) is 0 Å². The van der Waals surface area contributed by atoms with Crippen LogP contribution >= 0.6 is 0 Å². The Balaban J connectivity index is 1.41. The third kappa shape index (κ3) is 3.05. The van der Waals surface area contributed by atoms with Gasteiger partial charge in [-0.2, -0.15) is 5.10 Å². The number of aryl methyl sites for hydroxylation is 1. The minimum atomic E-state index is 0.0324. The largest absolute Gasteiger partial charge is 0.461 e. The van der Waals surface area contributed by atoms with Crippen LogP contribution in [0.2, 0.25) is 0 Å². The maximum Gasteiger partial charge on any atom is 0.253 e. The van der Waals surface area contributed by atoms with Gasteiger partial charge in [-0.25, -0.2) is 14.6 Å². The SMILES string of the molecule is Cc1cc2cc(C(=O)N3CC[C@@H](c4nn(CCN)c5nccnc45)C3)ccc2o1. The van der Waals surface area contributed by atoms with Gasteiger partial charge in [0.05, 0.1) is 12.2 Å². The van der Waals surface area contributed by atoms with Crippen LogP contribution in [-0.2, 0) is 6.54 Å². The molecular weight excluding hydrogens is 368 g/mol. The summed E-state index contributed by atoms with van der Waals surface area (Å²) in [7, 11) is 0. The molecule has 1 aliphatic rings. The smallest absolute Gasteiger partial charge is 0.253 e. The van der Waals surface area contributed by atoms with Gasteiger partial charge in [-0.05, 0) is 37.6 Å². The average Bonchev–Trinajstić information content (AvgIpc) is 3.43. The zero-order valence-electron chi connectivity index (χ0n) is 16.2. The first-order valence-corrected chi connectivity index (χ1v) is 9.81. The minimum Gasteiger partial charge on any atom is -0.461 e. The number of hydrogen-bond acceptors (Lipinski definition) is 6. The number of aromatic nitrogens is 4. The maximum absolute atomic E-state index is 13.1. The summed E-state index contributed by atoms with van der Waals surface area (Å²) < 4.78 is 7.43.